The largest absolute Gasteiger partial charge is 0.480 e. The number of hydrogen-bond donors (Lipinski definition) is 6. The summed E-state index contributed by atoms with van der Waals surface area (Å²) in [5.74, 6) is -3.31. The summed E-state index contributed by atoms with van der Waals surface area (Å²) in [6, 6.07) is -3.66. The van der Waals surface area contributed by atoms with Gasteiger partial charge in [0.15, 0.2) is 0 Å². The molecule has 44 heavy (non-hydrogen) atoms. The second-order valence-corrected chi connectivity index (χ2v) is 12.4. The van der Waals surface area contributed by atoms with E-state index in [0.717, 1.165) is 25.5 Å². The van der Waals surface area contributed by atoms with Crippen molar-refractivity contribution in [3.8, 4) is 0 Å². The number of unbranched alkanes of at least 4 members (excludes halogenated alkanes) is 12. The molecule has 0 aromatic rings. The Morgan fingerprint density at radius 1 is 0.659 bits per heavy atom. The Morgan fingerprint density at radius 3 is 1.57 bits per heavy atom. The van der Waals surface area contributed by atoms with Gasteiger partial charge in [-0.15, -0.1) is 0 Å². The second-order valence-electron chi connectivity index (χ2n) is 12.4. The summed E-state index contributed by atoms with van der Waals surface area (Å²) >= 11 is 0. The van der Waals surface area contributed by atoms with E-state index >= 15 is 0 Å². The molecule has 258 valence electrons. The van der Waals surface area contributed by atoms with Crippen molar-refractivity contribution in [1.82, 2.24) is 16.0 Å². The molecule has 0 radical (unpaired) electrons. The summed E-state index contributed by atoms with van der Waals surface area (Å²) < 4.78 is 0. The third-order valence-electron chi connectivity index (χ3n) is 7.46. The van der Waals surface area contributed by atoms with Gasteiger partial charge in [0.25, 0.3) is 0 Å². The van der Waals surface area contributed by atoms with E-state index in [1.807, 2.05) is 0 Å². The molecule has 11 heteroatoms. The van der Waals surface area contributed by atoms with Crippen molar-refractivity contribution in [3.05, 3.63) is 0 Å². The van der Waals surface area contributed by atoms with E-state index < -0.39 is 47.9 Å². The molecule has 11 nitrogen and oxygen atoms in total. The smallest absolute Gasteiger partial charge is 0.326 e. The number of nitrogens with one attached hydrogen (secondary N) is 3. The average Bonchev–Trinajstić information content (AvgIpc) is 2.96. The second kappa shape index (κ2) is 28.0. The number of carbonyl (C=O) groups is 5. The van der Waals surface area contributed by atoms with Crippen molar-refractivity contribution >= 4 is 30.0 Å². The monoisotopic (exact) mass is 627 g/mol. The van der Waals surface area contributed by atoms with Crippen LogP contribution in [0.5, 0.6) is 0 Å². The summed E-state index contributed by atoms with van der Waals surface area (Å²) in [6.45, 7) is 11.1. The number of rotatable bonds is 25. The van der Waals surface area contributed by atoms with Gasteiger partial charge < -0.3 is 37.3 Å². The van der Waals surface area contributed by atoms with Crippen LogP contribution in [0.25, 0.3) is 0 Å². The van der Waals surface area contributed by atoms with Gasteiger partial charge in [-0.25, -0.2) is 4.79 Å². The molecule has 0 heterocycles. The first-order valence-corrected chi connectivity index (χ1v) is 16.9. The summed E-state index contributed by atoms with van der Waals surface area (Å²) in [7, 11) is 0. The Hall–Kier alpha value is -2.53. The number of carboxylic acids is 1. The van der Waals surface area contributed by atoms with Crippen LogP contribution in [0, 0.1) is 11.8 Å². The molecule has 0 aromatic heterocycles. The molecule has 0 saturated carbocycles. The molecule has 0 aliphatic rings. The number of nitrogens with two attached hydrogens (primary N) is 2. The van der Waals surface area contributed by atoms with Crippen LogP contribution in [0.1, 0.15) is 138 Å². The SMILES string of the molecule is CC(C)[C@H](NC(=O)[C@H](C)NC(=O)[C@@H](NC(=O)[C@@H](N)CCCCN)C(C)C)C(=O)O.CCCCCCCCCCCCCC=O. The molecule has 8 N–H and O–H groups in total. The van der Waals surface area contributed by atoms with E-state index in [0.29, 0.717) is 19.4 Å². The zero-order valence-corrected chi connectivity index (χ0v) is 28.5. The maximum atomic E-state index is 12.6. The normalized spacial score (nSPS) is 13.7. The molecule has 0 rings (SSSR count). The summed E-state index contributed by atoms with van der Waals surface area (Å²) in [4.78, 5) is 58.4. The van der Waals surface area contributed by atoms with Crippen molar-refractivity contribution in [1.29, 1.82) is 0 Å². The first kappa shape index (κ1) is 43.6. The van der Waals surface area contributed by atoms with Crippen molar-refractivity contribution in [2.24, 2.45) is 23.3 Å². The molecular formula is C33H65N5O6. The van der Waals surface area contributed by atoms with Crippen LogP contribution in [0.2, 0.25) is 0 Å². The molecule has 0 bridgehead atoms. The lowest BCUT2D eigenvalue weighted by atomic mass is 10.0. The standard InChI is InChI=1S/C19H37N5O5.C14H28O/c1-10(2)14(23-17(26)13(21)8-6-7-9-20)18(27)22-12(5)16(25)24-15(11(3)4)19(28)29;1-2-3-4-5-6-7-8-9-10-11-12-13-14-15/h10-15H,6-9,20-21H2,1-5H3,(H,22,27)(H,23,26)(H,24,25)(H,28,29);14H,2-13H2,1H3/t12-,13-,14-,15-;/m0./s1. The van der Waals surface area contributed by atoms with Gasteiger partial charge in [0.1, 0.15) is 24.4 Å². The van der Waals surface area contributed by atoms with Gasteiger partial charge in [0.2, 0.25) is 17.7 Å². The molecular weight excluding hydrogens is 562 g/mol. The predicted octanol–water partition coefficient (Wildman–Crippen LogP) is 4.20. The quantitative estimate of drug-likeness (QED) is 0.0640. The Morgan fingerprint density at radius 2 is 1.14 bits per heavy atom. The van der Waals surface area contributed by atoms with Crippen molar-refractivity contribution in [2.75, 3.05) is 6.54 Å². The zero-order valence-electron chi connectivity index (χ0n) is 28.5. The first-order chi connectivity index (χ1) is 20.8. The van der Waals surface area contributed by atoms with Crippen LogP contribution < -0.4 is 27.4 Å². The van der Waals surface area contributed by atoms with Crippen LogP contribution in [-0.4, -0.2) is 65.8 Å². The number of aldehydes is 1. The number of carboxylic acid groups (broad SMARTS) is 1. The minimum absolute atomic E-state index is 0.243. The van der Waals surface area contributed by atoms with Crippen molar-refractivity contribution < 1.29 is 29.1 Å². The average molecular weight is 628 g/mol. The maximum Gasteiger partial charge on any atom is 0.326 e. The van der Waals surface area contributed by atoms with Crippen LogP contribution in [0.15, 0.2) is 0 Å². The highest BCUT2D eigenvalue weighted by molar-refractivity contribution is 5.94. The molecule has 0 saturated heterocycles. The number of amides is 3. The topological polar surface area (TPSA) is 194 Å². The van der Waals surface area contributed by atoms with Gasteiger partial charge in [-0.2, -0.15) is 0 Å². The van der Waals surface area contributed by atoms with E-state index in [4.69, 9.17) is 11.5 Å². The highest BCUT2D eigenvalue weighted by atomic mass is 16.4. The Kier molecular flexibility index (Phi) is 27.7. The minimum Gasteiger partial charge on any atom is -0.480 e. The van der Waals surface area contributed by atoms with Crippen molar-refractivity contribution in [3.63, 3.8) is 0 Å². The van der Waals surface area contributed by atoms with Gasteiger partial charge in [-0.3, -0.25) is 14.4 Å². The maximum absolute atomic E-state index is 12.6. The lowest BCUT2D eigenvalue weighted by Gasteiger charge is -2.26. The molecule has 0 aromatic carbocycles. The van der Waals surface area contributed by atoms with E-state index in [1.165, 1.54) is 71.1 Å². The summed E-state index contributed by atoms with van der Waals surface area (Å²) in [5, 5.41) is 16.7. The molecule has 0 fully saturated rings. The molecule has 0 aliphatic heterocycles. The van der Waals surface area contributed by atoms with Gasteiger partial charge in [0, 0.05) is 6.42 Å². The van der Waals surface area contributed by atoms with Crippen LogP contribution in [-0.2, 0) is 24.0 Å². The Balaban J connectivity index is 0. The van der Waals surface area contributed by atoms with Gasteiger partial charge in [0.05, 0.1) is 6.04 Å². The molecule has 0 unspecified atom stereocenters. The predicted molar refractivity (Wildman–Crippen MR) is 177 cm³/mol. The van der Waals surface area contributed by atoms with Gasteiger partial charge in [-0.1, -0.05) is 105 Å². The van der Waals surface area contributed by atoms with Crippen molar-refractivity contribution in [2.45, 2.75) is 162 Å². The highest BCUT2D eigenvalue weighted by Crippen LogP contribution is 2.11. The Bertz CT molecular complexity index is 793. The van der Waals surface area contributed by atoms with E-state index in [2.05, 4.69) is 22.9 Å². The summed E-state index contributed by atoms with van der Waals surface area (Å²) in [5.41, 5.74) is 11.3. The third-order valence-corrected chi connectivity index (χ3v) is 7.46. The fourth-order valence-electron chi connectivity index (χ4n) is 4.49. The zero-order chi connectivity index (χ0) is 33.9. The lowest BCUT2D eigenvalue weighted by Crippen LogP contribution is -2.58. The number of carbonyl (C=O) groups excluding carboxylic acids is 4. The lowest BCUT2D eigenvalue weighted by molar-refractivity contribution is -0.143. The molecule has 4 atom stereocenters. The fraction of sp³-hybridized carbons (Fsp3) is 0.848. The van der Waals surface area contributed by atoms with Crippen LogP contribution >= 0.6 is 0 Å². The van der Waals surface area contributed by atoms with E-state index in [-0.39, 0.29) is 11.8 Å². The van der Waals surface area contributed by atoms with Crippen LogP contribution in [0.3, 0.4) is 0 Å². The summed E-state index contributed by atoms with van der Waals surface area (Å²) in [6.07, 6.45) is 18.6. The highest BCUT2D eigenvalue weighted by Gasteiger charge is 2.30. The Labute approximate surface area is 266 Å². The van der Waals surface area contributed by atoms with E-state index in [1.54, 1.807) is 27.7 Å². The van der Waals surface area contributed by atoms with E-state index in [9.17, 15) is 29.1 Å². The molecule has 0 spiro atoms. The number of hydrogen-bond acceptors (Lipinski definition) is 7. The number of aliphatic carboxylic acids is 1. The third kappa shape index (κ3) is 22.9. The van der Waals surface area contributed by atoms with Crippen LogP contribution in [0.4, 0.5) is 0 Å². The fourth-order valence-corrected chi connectivity index (χ4v) is 4.49. The van der Waals surface area contributed by atoms with Gasteiger partial charge in [-0.05, 0) is 44.6 Å². The van der Waals surface area contributed by atoms with Gasteiger partial charge >= 0.3 is 5.97 Å². The molecule has 3 amide bonds. The molecule has 0 aliphatic carbocycles. The first-order valence-electron chi connectivity index (χ1n) is 16.9. The minimum atomic E-state index is -1.15.